The van der Waals surface area contributed by atoms with E-state index >= 15 is 4.39 Å². The second-order valence-electron chi connectivity index (χ2n) is 9.58. The molecule has 3 aromatic rings. The van der Waals surface area contributed by atoms with Crippen LogP contribution in [0.4, 0.5) is 13.2 Å². The highest BCUT2D eigenvalue weighted by Crippen LogP contribution is 2.39. The van der Waals surface area contributed by atoms with Crippen LogP contribution in [-0.2, 0) is 4.79 Å². The van der Waals surface area contributed by atoms with Gasteiger partial charge in [0.25, 0.3) is 11.8 Å². The van der Waals surface area contributed by atoms with Crippen molar-refractivity contribution in [1.29, 1.82) is 0 Å². The predicted molar refractivity (Wildman–Crippen MR) is 125 cm³/mol. The smallest absolute Gasteiger partial charge is 0.286 e. The molecule has 1 atom stereocenters. The molecular formula is C25H26F3N5O3. The van der Waals surface area contributed by atoms with Gasteiger partial charge < -0.3 is 19.9 Å². The molecule has 1 saturated heterocycles. The van der Waals surface area contributed by atoms with E-state index in [1.807, 2.05) is 0 Å². The van der Waals surface area contributed by atoms with E-state index in [0.29, 0.717) is 35.0 Å². The number of nitrogens with one attached hydrogen (secondary N) is 2. The van der Waals surface area contributed by atoms with Crippen molar-refractivity contribution >= 4 is 22.8 Å². The van der Waals surface area contributed by atoms with Crippen LogP contribution in [0.15, 0.2) is 18.5 Å². The average molecular weight is 502 g/mol. The molecule has 1 aromatic carbocycles. The van der Waals surface area contributed by atoms with E-state index in [0.717, 1.165) is 17.7 Å². The number of nitrogens with zero attached hydrogens (tertiary/aromatic N) is 3. The number of hydrogen-bond acceptors (Lipinski definition) is 5. The summed E-state index contributed by atoms with van der Waals surface area (Å²) in [4.78, 5) is 37.3. The van der Waals surface area contributed by atoms with Crippen molar-refractivity contribution in [2.24, 2.45) is 5.92 Å². The first-order valence-electron chi connectivity index (χ1n) is 11.8. The van der Waals surface area contributed by atoms with Gasteiger partial charge in [-0.1, -0.05) is 6.07 Å². The van der Waals surface area contributed by atoms with Crippen molar-refractivity contribution in [3.63, 3.8) is 0 Å². The summed E-state index contributed by atoms with van der Waals surface area (Å²) in [6.45, 7) is 3.84. The number of ether oxygens (including phenoxy) is 1. The second-order valence-corrected chi connectivity index (χ2v) is 9.58. The lowest BCUT2D eigenvalue weighted by Gasteiger charge is -2.18. The Labute approximate surface area is 205 Å². The number of carbonyl (C=O) groups excluding carboxylic acids is 2. The molecule has 2 N–H and O–H groups in total. The van der Waals surface area contributed by atoms with E-state index in [-0.39, 0.29) is 28.9 Å². The van der Waals surface area contributed by atoms with E-state index < -0.39 is 36.1 Å². The average Bonchev–Trinajstić information content (AvgIpc) is 3.51. The number of aryl methyl sites for hydroxylation is 2. The number of halogens is 3. The lowest BCUT2D eigenvalue weighted by Crippen LogP contribution is -2.46. The van der Waals surface area contributed by atoms with Gasteiger partial charge in [-0.25, -0.2) is 23.1 Å². The van der Waals surface area contributed by atoms with Crippen molar-refractivity contribution < 1.29 is 27.5 Å². The topological polar surface area (TPSA) is 100 Å². The minimum absolute atomic E-state index is 0.0548. The zero-order valence-corrected chi connectivity index (χ0v) is 20.1. The molecule has 2 fully saturated rings. The molecule has 2 aromatic heterocycles. The fourth-order valence-corrected chi connectivity index (χ4v) is 4.49. The molecule has 8 nitrogen and oxygen atoms in total. The molecule has 2 amide bonds. The molecule has 3 heterocycles. The van der Waals surface area contributed by atoms with Gasteiger partial charge in [0.05, 0.1) is 29.8 Å². The summed E-state index contributed by atoms with van der Waals surface area (Å²) in [6, 6.07) is 1.78. The van der Waals surface area contributed by atoms with Gasteiger partial charge in [-0.05, 0) is 44.2 Å². The number of hydrogen-bond donors (Lipinski definition) is 2. The number of aromatic amines is 1. The molecule has 1 saturated carbocycles. The Morgan fingerprint density at radius 1 is 1.25 bits per heavy atom. The Kier molecular flexibility index (Phi) is 5.88. The van der Waals surface area contributed by atoms with Crippen LogP contribution < -0.4 is 10.1 Å². The Hall–Kier alpha value is -3.63. The van der Waals surface area contributed by atoms with Gasteiger partial charge in [-0.15, -0.1) is 0 Å². The van der Waals surface area contributed by atoms with Crippen LogP contribution in [0.1, 0.15) is 41.4 Å². The molecule has 0 spiro atoms. The van der Waals surface area contributed by atoms with Crippen LogP contribution >= 0.6 is 0 Å². The SMILES string of the molecule is CC(=O)N1CC(NC(=O)c2c(C)[nH]c3c(-c4c(OCC5CC5)ccc(C)c4F)ncnc23)C(F)(F)C1. The Morgan fingerprint density at radius 3 is 2.67 bits per heavy atom. The van der Waals surface area contributed by atoms with Crippen molar-refractivity contribution in [2.45, 2.75) is 45.6 Å². The number of benzene rings is 1. The van der Waals surface area contributed by atoms with Gasteiger partial charge in [0.2, 0.25) is 5.91 Å². The second kappa shape index (κ2) is 8.79. The first-order chi connectivity index (χ1) is 17.1. The standard InChI is InChI=1S/C25H26F3N5O3/c1-12-4-7-16(36-9-15-5-6-15)19(20(12)26)22-23-21(29-11-30-22)18(13(2)31-23)24(35)32-17-8-33(14(3)34)10-25(17,27)28/h4,7,11,15,17,31H,5-6,8-10H2,1-3H3,(H,32,35). The summed E-state index contributed by atoms with van der Waals surface area (Å²) in [5.41, 5.74) is 1.65. The fourth-order valence-electron chi connectivity index (χ4n) is 4.49. The Morgan fingerprint density at radius 2 is 2.00 bits per heavy atom. The number of likely N-dealkylation sites (tertiary alicyclic amines) is 1. The van der Waals surface area contributed by atoms with Gasteiger partial charge >= 0.3 is 0 Å². The maximum absolute atomic E-state index is 15.4. The minimum Gasteiger partial charge on any atom is -0.492 e. The van der Waals surface area contributed by atoms with Crippen molar-refractivity contribution in [2.75, 3.05) is 19.7 Å². The number of alkyl halides is 2. The van der Waals surface area contributed by atoms with Gasteiger partial charge in [0, 0.05) is 19.2 Å². The van der Waals surface area contributed by atoms with Crippen LogP contribution in [0.3, 0.4) is 0 Å². The van der Waals surface area contributed by atoms with E-state index in [1.165, 1.54) is 13.3 Å². The van der Waals surface area contributed by atoms with E-state index in [2.05, 4.69) is 20.3 Å². The van der Waals surface area contributed by atoms with Crippen LogP contribution in [0.5, 0.6) is 5.75 Å². The monoisotopic (exact) mass is 501 g/mol. The van der Waals surface area contributed by atoms with Crippen molar-refractivity contribution in [1.82, 2.24) is 25.2 Å². The molecule has 0 radical (unpaired) electrons. The first-order valence-corrected chi connectivity index (χ1v) is 11.8. The van der Waals surface area contributed by atoms with E-state index in [9.17, 15) is 18.4 Å². The van der Waals surface area contributed by atoms with Crippen LogP contribution in [0, 0.1) is 25.6 Å². The zero-order valence-electron chi connectivity index (χ0n) is 20.1. The minimum atomic E-state index is -3.28. The molecular weight excluding hydrogens is 475 g/mol. The molecule has 1 unspecified atom stereocenters. The highest BCUT2D eigenvalue weighted by molar-refractivity contribution is 6.09. The number of carbonyl (C=O) groups is 2. The Balaban J connectivity index is 1.52. The predicted octanol–water partition coefficient (Wildman–Crippen LogP) is 3.77. The summed E-state index contributed by atoms with van der Waals surface area (Å²) < 4.78 is 50.3. The molecule has 2 aliphatic rings. The number of rotatable bonds is 6. The molecule has 1 aliphatic heterocycles. The summed E-state index contributed by atoms with van der Waals surface area (Å²) in [5.74, 6) is -4.27. The summed E-state index contributed by atoms with van der Waals surface area (Å²) in [6.07, 6.45) is 3.34. The highest BCUT2D eigenvalue weighted by Gasteiger charge is 2.50. The first kappa shape index (κ1) is 24.1. The third-order valence-corrected chi connectivity index (χ3v) is 6.77. The molecule has 5 rings (SSSR count). The third-order valence-electron chi connectivity index (χ3n) is 6.77. The summed E-state index contributed by atoms with van der Waals surface area (Å²) >= 11 is 0. The van der Waals surface area contributed by atoms with Crippen LogP contribution in [-0.4, -0.2) is 63.3 Å². The Bertz CT molecular complexity index is 1370. The maximum Gasteiger partial charge on any atom is 0.286 e. The van der Waals surface area contributed by atoms with E-state index in [1.54, 1.807) is 26.0 Å². The van der Waals surface area contributed by atoms with Crippen LogP contribution in [0.2, 0.25) is 0 Å². The molecule has 36 heavy (non-hydrogen) atoms. The van der Waals surface area contributed by atoms with Crippen molar-refractivity contribution in [3.8, 4) is 17.0 Å². The normalized spacial score (nSPS) is 19.1. The lowest BCUT2D eigenvalue weighted by molar-refractivity contribution is -0.129. The number of H-pyrrole nitrogens is 1. The number of fused-ring (bicyclic) bond motifs is 1. The van der Waals surface area contributed by atoms with E-state index in [4.69, 9.17) is 4.74 Å². The summed E-state index contributed by atoms with van der Waals surface area (Å²) in [5, 5.41) is 2.36. The maximum atomic E-state index is 15.4. The zero-order chi connectivity index (χ0) is 25.8. The number of aromatic nitrogens is 3. The van der Waals surface area contributed by atoms with Gasteiger partial charge in [-0.3, -0.25) is 9.59 Å². The van der Waals surface area contributed by atoms with Gasteiger partial charge in [0.1, 0.15) is 35.1 Å². The van der Waals surface area contributed by atoms with Crippen molar-refractivity contribution in [3.05, 3.63) is 41.1 Å². The van der Waals surface area contributed by atoms with Gasteiger partial charge in [-0.2, -0.15) is 0 Å². The summed E-state index contributed by atoms with van der Waals surface area (Å²) in [7, 11) is 0. The largest absolute Gasteiger partial charge is 0.492 e. The molecule has 1 aliphatic carbocycles. The third kappa shape index (κ3) is 4.27. The quantitative estimate of drug-likeness (QED) is 0.536. The van der Waals surface area contributed by atoms with Crippen LogP contribution in [0.25, 0.3) is 22.3 Å². The molecule has 0 bridgehead atoms. The number of amides is 2. The lowest BCUT2D eigenvalue weighted by atomic mass is 10.0. The van der Waals surface area contributed by atoms with Gasteiger partial charge in [0.15, 0.2) is 0 Å². The molecule has 11 heteroatoms. The fraction of sp³-hybridized carbons (Fsp3) is 0.440. The molecule has 190 valence electrons. The highest BCUT2D eigenvalue weighted by atomic mass is 19.3.